The number of hydrogen-bond donors (Lipinski definition) is 1. The van der Waals surface area contributed by atoms with Crippen LogP contribution in [0.2, 0.25) is 10.0 Å². The summed E-state index contributed by atoms with van der Waals surface area (Å²) in [5.41, 5.74) is 8.04. The van der Waals surface area contributed by atoms with Gasteiger partial charge in [0.25, 0.3) is 0 Å². The summed E-state index contributed by atoms with van der Waals surface area (Å²) in [7, 11) is 0. The van der Waals surface area contributed by atoms with Crippen LogP contribution in [0.3, 0.4) is 0 Å². The van der Waals surface area contributed by atoms with Gasteiger partial charge in [-0.2, -0.15) is 0 Å². The molecule has 0 aliphatic heterocycles. The highest BCUT2D eigenvalue weighted by atomic mass is 35.5. The first-order valence-electron chi connectivity index (χ1n) is 5.98. The Labute approximate surface area is 122 Å². The zero-order valence-corrected chi connectivity index (χ0v) is 11.8. The Morgan fingerprint density at radius 1 is 1.05 bits per heavy atom. The number of hydrogen-bond acceptors (Lipinski definition) is 1. The van der Waals surface area contributed by atoms with Crippen LogP contribution >= 0.6 is 23.2 Å². The molecular formula is C15H14Cl2FN. The summed E-state index contributed by atoms with van der Waals surface area (Å²) in [6.45, 7) is 0. The molecule has 0 fully saturated rings. The molecule has 0 amide bonds. The maximum Gasteiger partial charge on any atom is 0.124 e. The molecule has 2 N–H and O–H groups in total. The summed E-state index contributed by atoms with van der Waals surface area (Å²) in [5.74, 6) is -0.336. The van der Waals surface area contributed by atoms with Gasteiger partial charge >= 0.3 is 0 Å². The molecule has 0 bridgehead atoms. The lowest BCUT2D eigenvalue weighted by Crippen LogP contribution is -2.25. The minimum absolute atomic E-state index is 0.0820. The fourth-order valence-corrected chi connectivity index (χ4v) is 2.47. The van der Waals surface area contributed by atoms with Crippen molar-refractivity contribution in [3.8, 4) is 0 Å². The number of rotatable bonds is 4. The largest absolute Gasteiger partial charge is 0.327 e. The van der Waals surface area contributed by atoms with Crippen LogP contribution in [0, 0.1) is 5.82 Å². The average Bonchev–Trinajstić information content (AvgIpc) is 2.33. The molecule has 100 valence electrons. The summed E-state index contributed by atoms with van der Waals surface area (Å²) in [6, 6.07) is 11.9. The Balaban J connectivity index is 2.03. The van der Waals surface area contributed by atoms with E-state index < -0.39 is 0 Å². The Morgan fingerprint density at radius 3 is 2.53 bits per heavy atom. The number of halogens is 3. The second-order valence-corrected chi connectivity index (χ2v) is 5.38. The maximum absolute atomic E-state index is 12.9. The molecule has 0 aliphatic rings. The van der Waals surface area contributed by atoms with Crippen LogP contribution in [-0.4, -0.2) is 6.04 Å². The molecule has 0 aromatic heterocycles. The topological polar surface area (TPSA) is 26.0 Å². The van der Waals surface area contributed by atoms with Gasteiger partial charge in [0.1, 0.15) is 5.82 Å². The van der Waals surface area contributed by atoms with Gasteiger partial charge in [0.05, 0.1) is 0 Å². The van der Waals surface area contributed by atoms with E-state index in [2.05, 4.69) is 0 Å². The van der Waals surface area contributed by atoms with E-state index in [9.17, 15) is 4.39 Å². The highest BCUT2D eigenvalue weighted by molar-refractivity contribution is 6.31. The van der Waals surface area contributed by atoms with E-state index >= 15 is 0 Å². The van der Waals surface area contributed by atoms with E-state index in [1.165, 1.54) is 12.1 Å². The van der Waals surface area contributed by atoms with E-state index in [0.29, 0.717) is 22.9 Å². The molecule has 2 aromatic rings. The van der Waals surface area contributed by atoms with Crippen molar-refractivity contribution in [1.29, 1.82) is 0 Å². The molecule has 0 saturated carbocycles. The monoisotopic (exact) mass is 297 g/mol. The van der Waals surface area contributed by atoms with Crippen LogP contribution in [-0.2, 0) is 12.8 Å². The molecule has 0 heterocycles. The van der Waals surface area contributed by atoms with Gasteiger partial charge in [0.2, 0.25) is 0 Å². The smallest absolute Gasteiger partial charge is 0.124 e. The molecule has 0 spiro atoms. The summed E-state index contributed by atoms with van der Waals surface area (Å²) in [4.78, 5) is 0. The fraction of sp³-hybridized carbons (Fsp3) is 0.200. The predicted molar refractivity (Wildman–Crippen MR) is 78.2 cm³/mol. The van der Waals surface area contributed by atoms with E-state index in [4.69, 9.17) is 28.9 Å². The third kappa shape index (κ3) is 4.20. The highest BCUT2D eigenvalue weighted by Gasteiger charge is 2.09. The van der Waals surface area contributed by atoms with Crippen LogP contribution in [0.5, 0.6) is 0 Å². The van der Waals surface area contributed by atoms with Crippen molar-refractivity contribution in [3.05, 3.63) is 69.5 Å². The SMILES string of the molecule is NC(Cc1cccc(Cl)c1)Cc1ccc(F)cc1Cl. The normalized spacial score (nSPS) is 12.4. The first kappa shape index (κ1) is 14.3. The van der Waals surface area contributed by atoms with Crippen molar-refractivity contribution in [2.75, 3.05) is 0 Å². The molecule has 4 heteroatoms. The lowest BCUT2D eigenvalue weighted by Gasteiger charge is -2.13. The predicted octanol–water partition coefficient (Wildman–Crippen LogP) is 4.25. The molecule has 1 unspecified atom stereocenters. The lowest BCUT2D eigenvalue weighted by molar-refractivity contribution is 0.623. The summed E-state index contributed by atoms with van der Waals surface area (Å²) in [5, 5.41) is 1.12. The zero-order chi connectivity index (χ0) is 13.8. The Hall–Kier alpha value is -1.09. The van der Waals surface area contributed by atoms with E-state index in [-0.39, 0.29) is 11.9 Å². The molecule has 0 radical (unpaired) electrons. The second kappa shape index (κ2) is 6.38. The van der Waals surface area contributed by atoms with Crippen molar-refractivity contribution >= 4 is 23.2 Å². The van der Waals surface area contributed by atoms with Gasteiger partial charge in [0, 0.05) is 16.1 Å². The summed E-state index contributed by atoms with van der Waals surface area (Å²) < 4.78 is 12.9. The standard InChI is InChI=1S/C15H14Cl2FN/c16-12-3-1-2-10(6-12)7-14(19)8-11-4-5-13(18)9-15(11)17/h1-6,9,14H,7-8,19H2. The molecule has 0 saturated heterocycles. The van der Waals surface area contributed by atoms with E-state index in [0.717, 1.165) is 11.1 Å². The molecule has 1 atom stereocenters. The molecule has 19 heavy (non-hydrogen) atoms. The van der Waals surface area contributed by atoms with Gasteiger partial charge in [-0.3, -0.25) is 0 Å². The van der Waals surface area contributed by atoms with Gasteiger partial charge < -0.3 is 5.73 Å². The van der Waals surface area contributed by atoms with Crippen LogP contribution in [0.1, 0.15) is 11.1 Å². The van der Waals surface area contributed by atoms with E-state index in [1.54, 1.807) is 6.07 Å². The van der Waals surface area contributed by atoms with Crippen LogP contribution in [0.15, 0.2) is 42.5 Å². The molecule has 2 aromatic carbocycles. The van der Waals surface area contributed by atoms with Crippen LogP contribution in [0.4, 0.5) is 4.39 Å². The van der Waals surface area contributed by atoms with E-state index in [1.807, 2.05) is 24.3 Å². The lowest BCUT2D eigenvalue weighted by atomic mass is 10.00. The van der Waals surface area contributed by atoms with Crippen LogP contribution < -0.4 is 5.73 Å². The third-order valence-electron chi connectivity index (χ3n) is 2.88. The minimum atomic E-state index is -0.336. The third-order valence-corrected chi connectivity index (χ3v) is 3.47. The summed E-state index contributed by atoms with van der Waals surface area (Å²) >= 11 is 11.9. The highest BCUT2D eigenvalue weighted by Crippen LogP contribution is 2.20. The number of nitrogens with two attached hydrogens (primary N) is 1. The van der Waals surface area contributed by atoms with Crippen LogP contribution in [0.25, 0.3) is 0 Å². The first-order valence-corrected chi connectivity index (χ1v) is 6.74. The van der Waals surface area contributed by atoms with Gasteiger partial charge in [-0.25, -0.2) is 4.39 Å². The quantitative estimate of drug-likeness (QED) is 0.897. The molecule has 0 aliphatic carbocycles. The summed E-state index contributed by atoms with van der Waals surface area (Å²) in [6.07, 6.45) is 1.31. The first-order chi connectivity index (χ1) is 9.04. The average molecular weight is 298 g/mol. The van der Waals surface area contributed by atoms with Gasteiger partial charge in [-0.1, -0.05) is 41.4 Å². The maximum atomic E-state index is 12.9. The van der Waals surface area contributed by atoms with Gasteiger partial charge in [-0.05, 0) is 48.2 Å². The minimum Gasteiger partial charge on any atom is -0.327 e. The van der Waals surface area contributed by atoms with Crippen molar-refractivity contribution in [2.24, 2.45) is 5.73 Å². The van der Waals surface area contributed by atoms with Gasteiger partial charge in [0.15, 0.2) is 0 Å². The van der Waals surface area contributed by atoms with Crippen molar-refractivity contribution in [2.45, 2.75) is 18.9 Å². The van der Waals surface area contributed by atoms with Gasteiger partial charge in [-0.15, -0.1) is 0 Å². The van der Waals surface area contributed by atoms with Crippen molar-refractivity contribution in [3.63, 3.8) is 0 Å². The zero-order valence-electron chi connectivity index (χ0n) is 10.2. The molecule has 1 nitrogen and oxygen atoms in total. The Morgan fingerprint density at radius 2 is 1.84 bits per heavy atom. The van der Waals surface area contributed by atoms with Crippen molar-refractivity contribution in [1.82, 2.24) is 0 Å². The Kier molecular flexibility index (Phi) is 4.81. The molecule has 2 rings (SSSR count). The fourth-order valence-electron chi connectivity index (χ4n) is 2.01. The molecular weight excluding hydrogens is 284 g/mol. The number of benzene rings is 2. The Bertz CT molecular complexity index is 572. The second-order valence-electron chi connectivity index (χ2n) is 4.53. The van der Waals surface area contributed by atoms with Crippen molar-refractivity contribution < 1.29 is 4.39 Å².